The van der Waals surface area contributed by atoms with Crippen LogP contribution in [0.5, 0.6) is 0 Å². The van der Waals surface area contributed by atoms with Crippen LogP contribution in [0, 0.1) is 5.92 Å². The number of rotatable bonds is 6. The Morgan fingerprint density at radius 3 is 2.33 bits per heavy atom. The van der Waals surface area contributed by atoms with E-state index in [1.807, 2.05) is 0 Å². The van der Waals surface area contributed by atoms with E-state index in [-0.39, 0.29) is 5.25 Å². The van der Waals surface area contributed by atoms with E-state index in [2.05, 4.69) is 24.3 Å². The van der Waals surface area contributed by atoms with Crippen molar-refractivity contribution >= 4 is 10.0 Å². The first-order valence-corrected chi connectivity index (χ1v) is 8.16. The highest BCUT2D eigenvalue weighted by molar-refractivity contribution is 7.89. The highest BCUT2D eigenvalue weighted by Gasteiger charge is 2.31. The average Bonchev–Trinajstić information content (AvgIpc) is 2.29. The van der Waals surface area contributed by atoms with Gasteiger partial charge in [0.2, 0.25) is 10.0 Å². The number of sulfonamides is 1. The van der Waals surface area contributed by atoms with Crippen molar-refractivity contribution in [2.45, 2.75) is 25.0 Å². The zero-order chi connectivity index (χ0) is 13.8. The normalized spacial score (nSPS) is 21.4. The quantitative estimate of drug-likeness (QED) is 0.753. The summed E-state index contributed by atoms with van der Waals surface area (Å²) in [5, 5.41) is 2.60. The molecular formula is C12H27N3O2S. The summed E-state index contributed by atoms with van der Waals surface area (Å²) in [4.78, 5) is 2.18. The smallest absolute Gasteiger partial charge is 0.217 e. The topological polar surface area (TPSA) is 52.7 Å². The molecule has 5 nitrogen and oxygen atoms in total. The van der Waals surface area contributed by atoms with Crippen LogP contribution in [0.2, 0.25) is 0 Å². The van der Waals surface area contributed by atoms with E-state index in [1.54, 1.807) is 18.3 Å². The molecule has 0 aliphatic carbocycles. The second-order valence-corrected chi connectivity index (χ2v) is 7.87. The zero-order valence-corrected chi connectivity index (χ0v) is 12.8. The average molecular weight is 277 g/mol. The summed E-state index contributed by atoms with van der Waals surface area (Å²) in [5.41, 5.74) is 0. The minimum absolute atomic E-state index is 0.340. The maximum absolute atomic E-state index is 12.3. The molecule has 18 heavy (non-hydrogen) atoms. The molecule has 0 spiro atoms. The zero-order valence-electron chi connectivity index (χ0n) is 12.0. The Balaban J connectivity index is 2.51. The second-order valence-electron chi connectivity index (χ2n) is 5.52. The largest absolute Gasteiger partial charge is 0.318 e. The molecule has 6 heteroatoms. The van der Waals surface area contributed by atoms with Gasteiger partial charge < -0.3 is 10.2 Å². The lowest BCUT2D eigenvalue weighted by Crippen LogP contribution is -2.46. The Bertz CT molecular complexity index is 335. The van der Waals surface area contributed by atoms with Crippen LogP contribution in [0.1, 0.15) is 19.8 Å². The van der Waals surface area contributed by atoms with E-state index in [4.69, 9.17) is 0 Å². The van der Waals surface area contributed by atoms with Gasteiger partial charge in [-0.15, -0.1) is 0 Å². The summed E-state index contributed by atoms with van der Waals surface area (Å²) in [6.45, 7) is 4.70. The first kappa shape index (κ1) is 15.9. The van der Waals surface area contributed by atoms with Crippen LogP contribution >= 0.6 is 0 Å². The molecule has 1 N–H and O–H groups in total. The van der Waals surface area contributed by atoms with Crippen LogP contribution in [0.15, 0.2) is 0 Å². The fourth-order valence-corrected chi connectivity index (χ4v) is 4.12. The third-order valence-corrected chi connectivity index (χ3v) is 5.83. The molecule has 0 aromatic carbocycles. The van der Waals surface area contributed by atoms with Gasteiger partial charge >= 0.3 is 0 Å². The molecule has 108 valence electrons. The van der Waals surface area contributed by atoms with Crippen LogP contribution in [-0.4, -0.2) is 70.2 Å². The van der Waals surface area contributed by atoms with Gasteiger partial charge in [0.05, 0.1) is 5.25 Å². The first-order chi connectivity index (χ1) is 8.37. The van der Waals surface area contributed by atoms with Crippen molar-refractivity contribution in [2.24, 2.45) is 5.92 Å². The minimum atomic E-state index is -3.12. The number of hydrogen-bond acceptors (Lipinski definition) is 4. The number of nitrogens with one attached hydrogen (secondary N) is 1. The maximum atomic E-state index is 12.3. The SMILES string of the molecule is CNCC(C)S(=O)(=O)N1CCC(CN(C)C)CC1. The second kappa shape index (κ2) is 6.84. The molecule has 0 aromatic heterocycles. The Morgan fingerprint density at radius 1 is 1.33 bits per heavy atom. The number of nitrogens with zero attached hydrogens (tertiary/aromatic N) is 2. The third-order valence-electron chi connectivity index (χ3n) is 3.56. The van der Waals surface area contributed by atoms with Crippen LogP contribution in [0.4, 0.5) is 0 Å². The highest BCUT2D eigenvalue weighted by Crippen LogP contribution is 2.21. The van der Waals surface area contributed by atoms with Crippen molar-refractivity contribution in [3.8, 4) is 0 Å². The summed E-state index contributed by atoms with van der Waals surface area (Å²) >= 11 is 0. The third kappa shape index (κ3) is 4.19. The summed E-state index contributed by atoms with van der Waals surface area (Å²) in [6.07, 6.45) is 1.95. The van der Waals surface area contributed by atoms with E-state index in [0.717, 1.165) is 19.4 Å². The molecule has 0 radical (unpaired) electrons. The van der Waals surface area contributed by atoms with Crippen molar-refractivity contribution in [3.63, 3.8) is 0 Å². The fraction of sp³-hybridized carbons (Fsp3) is 1.00. The van der Waals surface area contributed by atoms with E-state index in [9.17, 15) is 8.42 Å². The lowest BCUT2D eigenvalue weighted by atomic mass is 9.98. The van der Waals surface area contributed by atoms with E-state index in [0.29, 0.717) is 25.6 Å². The number of hydrogen-bond donors (Lipinski definition) is 1. The molecule has 0 aromatic rings. The molecule has 1 saturated heterocycles. The van der Waals surface area contributed by atoms with Crippen molar-refractivity contribution in [1.29, 1.82) is 0 Å². The monoisotopic (exact) mass is 277 g/mol. The Morgan fingerprint density at radius 2 is 1.89 bits per heavy atom. The van der Waals surface area contributed by atoms with Crippen LogP contribution < -0.4 is 5.32 Å². The molecule has 0 saturated carbocycles. The predicted molar refractivity (Wildman–Crippen MR) is 75.2 cm³/mol. The molecule has 1 aliphatic rings. The fourth-order valence-electron chi connectivity index (χ4n) is 2.51. The lowest BCUT2D eigenvalue weighted by Gasteiger charge is -2.34. The highest BCUT2D eigenvalue weighted by atomic mass is 32.2. The van der Waals surface area contributed by atoms with E-state index < -0.39 is 10.0 Å². The number of piperidine rings is 1. The van der Waals surface area contributed by atoms with Gasteiger partial charge in [0.1, 0.15) is 0 Å². The standard InChI is InChI=1S/C12H27N3O2S/c1-11(9-13-2)18(16,17)15-7-5-12(6-8-15)10-14(3)4/h11-13H,5-10H2,1-4H3. The van der Waals surface area contributed by atoms with Gasteiger partial charge in [-0.2, -0.15) is 0 Å². The van der Waals surface area contributed by atoms with E-state index in [1.165, 1.54) is 0 Å². The molecular weight excluding hydrogens is 250 g/mol. The van der Waals surface area contributed by atoms with Crippen molar-refractivity contribution in [1.82, 2.24) is 14.5 Å². The molecule has 1 atom stereocenters. The van der Waals surface area contributed by atoms with Gasteiger partial charge in [0, 0.05) is 26.2 Å². The summed E-state index contributed by atoms with van der Waals surface area (Å²) in [7, 11) is 2.80. The van der Waals surface area contributed by atoms with Gasteiger partial charge in [-0.05, 0) is 46.8 Å². The van der Waals surface area contributed by atoms with Gasteiger partial charge in [0.25, 0.3) is 0 Å². The molecule has 0 bridgehead atoms. The Labute approximate surface area is 112 Å². The van der Waals surface area contributed by atoms with Crippen LogP contribution in [-0.2, 0) is 10.0 Å². The van der Waals surface area contributed by atoms with Gasteiger partial charge in [-0.3, -0.25) is 0 Å². The summed E-state index contributed by atoms with van der Waals surface area (Å²) in [6, 6.07) is 0. The van der Waals surface area contributed by atoms with E-state index >= 15 is 0 Å². The maximum Gasteiger partial charge on any atom is 0.217 e. The summed E-state index contributed by atoms with van der Waals surface area (Å²) < 4.78 is 26.2. The lowest BCUT2D eigenvalue weighted by molar-refractivity contribution is 0.224. The molecule has 1 fully saturated rings. The molecule has 1 aliphatic heterocycles. The Hall–Kier alpha value is -0.170. The van der Waals surface area contributed by atoms with Gasteiger partial charge in [-0.25, -0.2) is 12.7 Å². The van der Waals surface area contributed by atoms with Crippen molar-refractivity contribution in [3.05, 3.63) is 0 Å². The van der Waals surface area contributed by atoms with Crippen molar-refractivity contribution in [2.75, 3.05) is 47.3 Å². The summed E-state index contributed by atoms with van der Waals surface area (Å²) in [5.74, 6) is 0.631. The molecule has 1 heterocycles. The van der Waals surface area contributed by atoms with Gasteiger partial charge in [0.15, 0.2) is 0 Å². The predicted octanol–water partition coefficient (Wildman–Crippen LogP) is 0.198. The Kier molecular flexibility index (Phi) is 6.04. The first-order valence-electron chi connectivity index (χ1n) is 6.66. The van der Waals surface area contributed by atoms with Gasteiger partial charge in [-0.1, -0.05) is 0 Å². The minimum Gasteiger partial charge on any atom is -0.318 e. The van der Waals surface area contributed by atoms with Crippen LogP contribution in [0.3, 0.4) is 0 Å². The molecule has 1 unspecified atom stereocenters. The van der Waals surface area contributed by atoms with Crippen LogP contribution in [0.25, 0.3) is 0 Å². The van der Waals surface area contributed by atoms with Crippen molar-refractivity contribution < 1.29 is 8.42 Å². The molecule has 0 amide bonds. The molecule has 1 rings (SSSR count).